The van der Waals surface area contributed by atoms with Gasteiger partial charge in [-0.25, -0.2) is 0 Å². The lowest BCUT2D eigenvalue weighted by Crippen LogP contribution is -2.13. The van der Waals surface area contributed by atoms with Crippen molar-refractivity contribution in [3.63, 3.8) is 0 Å². The summed E-state index contributed by atoms with van der Waals surface area (Å²) in [6.45, 7) is 0. The van der Waals surface area contributed by atoms with Gasteiger partial charge in [0.1, 0.15) is 0 Å². The van der Waals surface area contributed by atoms with Crippen LogP contribution in [0.5, 0.6) is 0 Å². The fourth-order valence-corrected chi connectivity index (χ4v) is 1.72. The van der Waals surface area contributed by atoms with E-state index in [1.165, 1.54) is 0 Å². The molecule has 0 amide bonds. The highest BCUT2D eigenvalue weighted by Gasteiger charge is 2.38. The third kappa shape index (κ3) is 2.99. The van der Waals surface area contributed by atoms with Gasteiger partial charge in [-0.3, -0.25) is 4.79 Å². The maximum atomic E-state index is 12.4. The van der Waals surface area contributed by atoms with Gasteiger partial charge in [0.15, 0.2) is 6.29 Å². The van der Waals surface area contributed by atoms with E-state index in [0.717, 1.165) is 0 Å². The fourth-order valence-electron chi connectivity index (χ4n) is 1.15. The standard InChI is InChI=1S/C9H3BrF6O/c10-7-2-5(8(11,12)13)4(3-17)1-6(7)9(14,15)16/h1-3H. The topological polar surface area (TPSA) is 17.1 Å². The molecular formula is C9H3BrF6O. The molecule has 1 aromatic carbocycles. The second kappa shape index (κ2) is 4.32. The third-order valence-corrected chi connectivity index (χ3v) is 2.53. The number of rotatable bonds is 1. The normalized spacial score (nSPS) is 12.6. The van der Waals surface area contributed by atoms with Gasteiger partial charge in [-0.05, 0) is 12.1 Å². The lowest BCUT2D eigenvalue weighted by atomic mass is 10.0. The number of halogens is 7. The van der Waals surface area contributed by atoms with E-state index < -0.39 is 33.5 Å². The Morgan fingerprint density at radius 1 is 0.941 bits per heavy atom. The van der Waals surface area contributed by atoms with Crippen LogP contribution < -0.4 is 0 Å². The molecule has 0 bridgehead atoms. The van der Waals surface area contributed by atoms with E-state index in [1.54, 1.807) is 0 Å². The van der Waals surface area contributed by atoms with Gasteiger partial charge in [0, 0.05) is 10.0 Å². The van der Waals surface area contributed by atoms with E-state index in [9.17, 15) is 31.1 Å². The highest BCUT2D eigenvalue weighted by molar-refractivity contribution is 9.10. The van der Waals surface area contributed by atoms with Crippen LogP contribution in [0.3, 0.4) is 0 Å². The number of carbonyl (C=O) groups excluding carboxylic acids is 1. The van der Waals surface area contributed by atoms with Crippen molar-refractivity contribution in [2.75, 3.05) is 0 Å². The third-order valence-electron chi connectivity index (χ3n) is 1.88. The highest BCUT2D eigenvalue weighted by Crippen LogP contribution is 2.40. The molecule has 1 aromatic rings. The Labute approximate surface area is 99.5 Å². The Morgan fingerprint density at radius 2 is 1.41 bits per heavy atom. The molecule has 0 aromatic heterocycles. The van der Waals surface area contributed by atoms with Crippen LogP contribution in [0.1, 0.15) is 21.5 Å². The van der Waals surface area contributed by atoms with Gasteiger partial charge in [-0.2, -0.15) is 26.3 Å². The largest absolute Gasteiger partial charge is 0.417 e. The first-order valence-electron chi connectivity index (χ1n) is 4.00. The van der Waals surface area contributed by atoms with Crippen LogP contribution in [0.25, 0.3) is 0 Å². The SMILES string of the molecule is O=Cc1cc(C(F)(F)F)c(Br)cc1C(F)(F)F. The van der Waals surface area contributed by atoms with Gasteiger partial charge in [0.2, 0.25) is 0 Å². The molecule has 0 atom stereocenters. The highest BCUT2D eigenvalue weighted by atomic mass is 79.9. The van der Waals surface area contributed by atoms with Crippen molar-refractivity contribution in [1.82, 2.24) is 0 Å². The van der Waals surface area contributed by atoms with Gasteiger partial charge in [-0.15, -0.1) is 0 Å². The molecule has 0 radical (unpaired) electrons. The maximum Gasteiger partial charge on any atom is 0.417 e. The second-order valence-electron chi connectivity index (χ2n) is 3.03. The molecule has 0 N–H and O–H groups in total. The zero-order valence-corrected chi connectivity index (χ0v) is 9.37. The Kier molecular flexibility index (Phi) is 3.56. The lowest BCUT2D eigenvalue weighted by Gasteiger charge is -2.14. The zero-order valence-electron chi connectivity index (χ0n) is 7.79. The van der Waals surface area contributed by atoms with Crippen molar-refractivity contribution in [1.29, 1.82) is 0 Å². The average molecular weight is 321 g/mol. The molecular weight excluding hydrogens is 318 g/mol. The first-order valence-corrected chi connectivity index (χ1v) is 4.79. The first-order chi connectivity index (χ1) is 7.57. The van der Waals surface area contributed by atoms with Crippen LogP contribution >= 0.6 is 15.9 Å². The second-order valence-corrected chi connectivity index (χ2v) is 3.89. The number of hydrogen-bond donors (Lipinski definition) is 0. The molecule has 0 saturated heterocycles. The van der Waals surface area contributed by atoms with Gasteiger partial charge in [0.05, 0.1) is 11.1 Å². The molecule has 0 fully saturated rings. The monoisotopic (exact) mass is 320 g/mol. The van der Waals surface area contributed by atoms with Gasteiger partial charge < -0.3 is 0 Å². The molecule has 0 spiro atoms. The van der Waals surface area contributed by atoms with Gasteiger partial charge in [-0.1, -0.05) is 15.9 Å². The summed E-state index contributed by atoms with van der Waals surface area (Å²) in [7, 11) is 0. The smallest absolute Gasteiger partial charge is 0.298 e. The molecule has 0 aliphatic rings. The summed E-state index contributed by atoms with van der Waals surface area (Å²) >= 11 is 2.40. The average Bonchev–Trinajstić information content (AvgIpc) is 2.14. The van der Waals surface area contributed by atoms with E-state index in [0.29, 0.717) is 0 Å². The summed E-state index contributed by atoms with van der Waals surface area (Å²) in [4.78, 5) is 10.4. The van der Waals surface area contributed by atoms with E-state index in [2.05, 4.69) is 15.9 Å². The zero-order chi connectivity index (χ0) is 13.4. The summed E-state index contributed by atoms with van der Waals surface area (Å²) in [6.07, 6.45) is -9.98. The quantitative estimate of drug-likeness (QED) is 0.557. The predicted molar refractivity (Wildman–Crippen MR) is 49.5 cm³/mol. The summed E-state index contributed by atoms with van der Waals surface area (Å²) < 4.78 is 73.5. The molecule has 0 aliphatic carbocycles. The molecule has 17 heavy (non-hydrogen) atoms. The number of hydrogen-bond acceptors (Lipinski definition) is 1. The van der Waals surface area contributed by atoms with Gasteiger partial charge in [0.25, 0.3) is 0 Å². The summed E-state index contributed by atoms with van der Waals surface area (Å²) in [5, 5.41) is 0. The minimum atomic E-state index is -4.89. The molecule has 0 aliphatic heterocycles. The summed E-state index contributed by atoms with van der Waals surface area (Å²) in [5.74, 6) is 0. The molecule has 0 heterocycles. The van der Waals surface area contributed by atoms with Crippen molar-refractivity contribution in [2.45, 2.75) is 12.4 Å². The van der Waals surface area contributed by atoms with Crippen LogP contribution in [-0.2, 0) is 12.4 Å². The van der Waals surface area contributed by atoms with Gasteiger partial charge >= 0.3 is 12.4 Å². The van der Waals surface area contributed by atoms with Crippen LogP contribution in [0, 0.1) is 0 Å². The Hall–Kier alpha value is -1.05. The van der Waals surface area contributed by atoms with Crippen molar-refractivity contribution >= 4 is 22.2 Å². The van der Waals surface area contributed by atoms with Crippen LogP contribution in [0.2, 0.25) is 0 Å². The Morgan fingerprint density at radius 3 is 1.76 bits per heavy atom. The molecule has 0 unspecified atom stereocenters. The van der Waals surface area contributed by atoms with E-state index in [-0.39, 0.29) is 18.4 Å². The minimum Gasteiger partial charge on any atom is -0.298 e. The molecule has 1 rings (SSSR count). The molecule has 1 nitrogen and oxygen atoms in total. The van der Waals surface area contributed by atoms with E-state index >= 15 is 0 Å². The number of benzene rings is 1. The van der Waals surface area contributed by atoms with Crippen LogP contribution in [-0.4, -0.2) is 6.29 Å². The van der Waals surface area contributed by atoms with E-state index in [4.69, 9.17) is 0 Å². The molecule has 0 saturated carbocycles. The molecule has 94 valence electrons. The van der Waals surface area contributed by atoms with E-state index in [1.807, 2.05) is 0 Å². The van der Waals surface area contributed by atoms with Crippen molar-refractivity contribution in [3.8, 4) is 0 Å². The minimum absolute atomic E-state index is 0.167. The van der Waals surface area contributed by atoms with Crippen molar-refractivity contribution < 1.29 is 31.1 Å². The maximum absolute atomic E-state index is 12.4. The van der Waals surface area contributed by atoms with Crippen LogP contribution in [0.15, 0.2) is 16.6 Å². The fraction of sp³-hybridized carbons (Fsp3) is 0.222. The molecule has 8 heteroatoms. The Bertz CT molecular complexity index is 448. The number of aldehydes is 1. The first kappa shape index (κ1) is 14.0. The number of carbonyl (C=O) groups is 1. The van der Waals surface area contributed by atoms with Crippen molar-refractivity contribution in [2.24, 2.45) is 0 Å². The summed E-state index contributed by atoms with van der Waals surface area (Å²) in [5.41, 5.74) is -3.78. The number of alkyl halides is 6. The Balaban J connectivity index is 3.51. The van der Waals surface area contributed by atoms with Crippen molar-refractivity contribution in [3.05, 3.63) is 33.3 Å². The predicted octanol–water partition coefficient (Wildman–Crippen LogP) is 4.30. The lowest BCUT2D eigenvalue weighted by molar-refractivity contribution is -0.142. The summed E-state index contributed by atoms with van der Waals surface area (Å²) in [6, 6.07) is 0.409. The van der Waals surface area contributed by atoms with Crippen LogP contribution in [0.4, 0.5) is 26.3 Å².